The normalized spacial score (nSPS) is 12.1. The Morgan fingerprint density at radius 2 is 1.59 bits per heavy atom. The van der Waals surface area contributed by atoms with Gasteiger partial charge >= 0.3 is 0 Å². The third-order valence-electron chi connectivity index (χ3n) is 6.64. The maximum Gasteiger partial charge on any atom is 0.264 e. The molecule has 0 spiro atoms. The summed E-state index contributed by atoms with van der Waals surface area (Å²) in [5.41, 5.74) is 1.99. The number of ether oxygens (including phenoxy) is 1. The topological polar surface area (TPSA) is 96.0 Å². The second-order valence-electron chi connectivity index (χ2n) is 10.4. The Morgan fingerprint density at radius 3 is 2.20 bits per heavy atom. The van der Waals surface area contributed by atoms with Crippen molar-refractivity contribution in [2.24, 2.45) is 5.92 Å². The number of halogens is 1. The lowest BCUT2D eigenvalue weighted by atomic mass is 10.1. The van der Waals surface area contributed by atoms with Crippen molar-refractivity contribution in [3.05, 3.63) is 89.2 Å². The van der Waals surface area contributed by atoms with Crippen LogP contribution in [0.3, 0.4) is 0 Å². The van der Waals surface area contributed by atoms with Gasteiger partial charge in [-0.05, 0) is 62.6 Å². The van der Waals surface area contributed by atoms with Crippen LogP contribution in [0, 0.1) is 25.6 Å². The molecule has 0 saturated carbocycles. The number of methoxy groups -OCH3 is 1. The molecule has 1 N–H and O–H groups in total. The Bertz CT molecular complexity index is 1480. The number of hydrogen-bond donors (Lipinski definition) is 1. The van der Waals surface area contributed by atoms with Crippen LogP contribution >= 0.6 is 0 Å². The van der Waals surface area contributed by atoms with Crippen LogP contribution < -0.4 is 14.4 Å². The lowest BCUT2D eigenvalue weighted by Gasteiger charge is -2.32. The highest BCUT2D eigenvalue weighted by atomic mass is 32.2. The smallest absolute Gasteiger partial charge is 0.264 e. The van der Waals surface area contributed by atoms with Gasteiger partial charge in [0, 0.05) is 18.7 Å². The molecular weight excluding hydrogens is 545 g/mol. The fourth-order valence-corrected chi connectivity index (χ4v) is 5.61. The SMILES string of the molecule is COc1ccc(C)cc1N(CC(=O)N(Cc1ccccc1F)[C@H](C)C(=O)NCC(C)C)S(=O)(=O)c1ccc(C)cc1. The molecule has 3 rings (SSSR count). The summed E-state index contributed by atoms with van der Waals surface area (Å²) < 4.78 is 49.2. The predicted octanol–water partition coefficient (Wildman–Crippen LogP) is 4.84. The van der Waals surface area contributed by atoms with Gasteiger partial charge in [-0.25, -0.2) is 12.8 Å². The molecule has 0 aliphatic rings. The lowest BCUT2D eigenvalue weighted by molar-refractivity contribution is -0.139. The first kappa shape index (κ1) is 31.6. The number of benzene rings is 3. The predicted molar refractivity (Wildman–Crippen MR) is 158 cm³/mol. The Hall–Kier alpha value is -3.92. The van der Waals surface area contributed by atoms with Crippen molar-refractivity contribution in [1.82, 2.24) is 10.2 Å². The lowest BCUT2D eigenvalue weighted by Crippen LogP contribution is -2.51. The fraction of sp³-hybridized carbons (Fsp3) is 0.355. The largest absolute Gasteiger partial charge is 0.495 e. The van der Waals surface area contributed by atoms with E-state index < -0.39 is 40.2 Å². The van der Waals surface area contributed by atoms with E-state index in [2.05, 4.69) is 5.32 Å². The van der Waals surface area contributed by atoms with Crippen molar-refractivity contribution in [2.45, 2.75) is 52.1 Å². The van der Waals surface area contributed by atoms with Gasteiger partial charge in [0.15, 0.2) is 0 Å². The van der Waals surface area contributed by atoms with Crippen molar-refractivity contribution >= 4 is 27.5 Å². The highest BCUT2D eigenvalue weighted by molar-refractivity contribution is 7.92. The third-order valence-corrected chi connectivity index (χ3v) is 8.42. The van der Waals surface area contributed by atoms with Gasteiger partial charge in [0.2, 0.25) is 11.8 Å². The van der Waals surface area contributed by atoms with Crippen LogP contribution in [-0.2, 0) is 26.2 Å². The molecule has 0 saturated heterocycles. The van der Waals surface area contributed by atoms with Crippen LogP contribution in [-0.4, -0.2) is 51.4 Å². The highest BCUT2D eigenvalue weighted by Crippen LogP contribution is 2.34. The molecule has 1 atom stereocenters. The Balaban J connectivity index is 2.09. The monoisotopic (exact) mass is 583 g/mol. The molecule has 0 unspecified atom stereocenters. The van der Waals surface area contributed by atoms with E-state index in [0.717, 1.165) is 15.4 Å². The van der Waals surface area contributed by atoms with E-state index in [-0.39, 0.29) is 34.4 Å². The molecule has 8 nitrogen and oxygen atoms in total. The summed E-state index contributed by atoms with van der Waals surface area (Å²) in [4.78, 5) is 28.3. The van der Waals surface area contributed by atoms with Gasteiger partial charge in [-0.2, -0.15) is 0 Å². The fourth-order valence-electron chi connectivity index (χ4n) is 4.19. The van der Waals surface area contributed by atoms with Gasteiger partial charge in [-0.15, -0.1) is 0 Å². The summed E-state index contributed by atoms with van der Waals surface area (Å²) >= 11 is 0. The number of amides is 2. The van der Waals surface area contributed by atoms with E-state index in [4.69, 9.17) is 4.74 Å². The minimum absolute atomic E-state index is 0.0113. The van der Waals surface area contributed by atoms with E-state index in [0.29, 0.717) is 6.54 Å². The number of carbonyl (C=O) groups is 2. The highest BCUT2D eigenvalue weighted by Gasteiger charge is 2.34. The number of hydrogen-bond acceptors (Lipinski definition) is 5. The van der Waals surface area contributed by atoms with Crippen LogP contribution in [0.15, 0.2) is 71.6 Å². The molecule has 0 aromatic heterocycles. The number of anilines is 1. The van der Waals surface area contributed by atoms with E-state index in [1.54, 1.807) is 50.2 Å². The van der Waals surface area contributed by atoms with Gasteiger partial charge < -0.3 is 15.0 Å². The number of rotatable bonds is 12. The summed E-state index contributed by atoms with van der Waals surface area (Å²) in [6, 6.07) is 16.3. The third kappa shape index (κ3) is 7.85. The second-order valence-corrected chi connectivity index (χ2v) is 12.3. The molecule has 0 aliphatic carbocycles. The maximum absolute atomic E-state index is 14.7. The van der Waals surface area contributed by atoms with Crippen LogP contribution in [0.2, 0.25) is 0 Å². The Kier molecular flexibility index (Phi) is 10.5. The standard InChI is InChI=1S/C31H38FN3O5S/c1-21(2)18-33-31(37)24(5)34(19-25-9-7-8-10-27(25)32)30(36)20-35(28-17-23(4)13-16-29(28)40-6)41(38,39)26-14-11-22(3)12-15-26/h7-17,21,24H,18-20H2,1-6H3,(H,33,37)/t24-/m1/s1. The van der Waals surface area contributed by atoms with Crippen molar-refractivity contribution in [3.63, 3.8) is 0 Å². The van der Waals surface area contributed by atoms with Crippen molar-refractivity contribution in [2.75, 3.05) is 24.5 Å². The first-order chi connectivity index (χ1) is 19.3. The summed E-state index contributed by atoms with van der Waals surface area (Å²) in [7, 11) is -2.85. The minimum atomic E-state index is -4.27. The molecule has 41 heavy (non-hydrogen) atoms. The molecule has 0 bridgehead atoms. The van der Waals surface area contributed by atoms with E-state index >= 15 is 0 Å². The molecule has 3 aromatic carbocycles. The molecule has 0 heterocycles. The Morgan fingerprint density at radius 1 is 0.951 bits per heavy atom. The van der Waals surface area contributed by atoms with Crippen molar-refractivity contribution < 1.29 is 27.1 Å². The van der Waals surface area contributed by atoms with Gasteiger partial charge in [0.25, 0.3) is 10.0 Å². The number of carbonyl (C=O) groups excluding carboxylic acids is 2. The average molecular weight is 584 g/mol. The molecule has 0 radical (unpaired) electrons. The van der Waals surface area contributed by atoms with Crippen LogP contribution in [0.5, 0.6) is 5.75 Å². The number of nitrogens with zero attached hydrogens (tertiary/aromatic N) is 2. The summed E-state index contributed by atoms with van der Waals surface area (Å²) in [5, 5.41) is 2.81. The quantitative estimate of drug-likeness (QED) is 0.329. The second kappa shape index (κ2) is 13.6. The van der Waals surface area contributed by atoms with Crippen LogP contribution in [0.25, 0.3) is 0 Å². The zero-order valence-corrected chi connectivity index (χ0v) is 25.2. The van der Waals surface area contributed by atoms with E-state index in [9.17, 15) is 22.4 Å². The molecule has 10 heteroatoms. The minimum Gasteiger partial charge on any atom is -0.495 e. The summed E-state index contributed by atoms with van der Waals surface area (Å²) in [5.74, 6) is -1.22. The maximum atomic E-state index is 14.7. The Labute approximate surface area is 242 Å². The molecule has 220 valence electrons. The van der Waals surface area contributed by atoms with Crippen molar-refractivity contribution in [1.29, 1.82) is 0 Å². The number of sulfonamides is 1. The van der Waals surface area contributed by atoms with Gasteiger partial charge in [0.1, 0.15) is 24.2 Å². The molecular formula is C31H38FN3O5S. The molecule has 0 fully saturated rings. The average Bonchev–Trinajstić information content (AvgIpc) is 2.93. The molecule has 2 amide bonds. The molecule has 0 aliphatic heterocycles. The van der Waals surface area contributed by atoms with Gasteiger partial charge in [-0.3, -0.25) is 13.9 Å². The first-order valence-electron chi connectivity index (χ1n) is 13.4. The van der Waals surface area contributed by atoms with Crippen molar-refractivity contribution in [3.8, 4) is 5.75 Å². The summed E-state index contributed by atoms with van der Waals surface area (Å²) in [6.07, 6.45) is 0. The molecule has 3 aromatic rings. The van der Waals surface area contributed by atoms with Gasteiger partial charge in [0.05, 0.1) is 17.7 Å². The van der Waals surface area contributed by atoms with E-state index in [1.807, 2.05) is 20.8 Å². The number of nitrogens with one attached hydrogen (secondary N) is 1. The summed E-state index contributed by atoms with van der Waals surface area (Å²) in [6.45, 7) is 8.57. The van der Waals surface area contributed by atoms with E-state index in [1.165, 1.54) is 42.3 Å². The zero-order chi connectivity index (χ0) is 30.3. The first-order valence-corrected chi connectivity index (χ1v) is 14.8. The van der Waals surface area contributed by atoms with Gasteiger partial charge in [-0.1, -0.05) is 55.8 Å². The zero-order valence-electron chi connectivity index (χ0n) is 24.3. The van der Waals surface area contributed by atoms with Crippen LogP contribution in [0.1, 0.15) is 37.5 Å². The van der Waals surface area contributed by atoms with Crippen LogP contribution in [0.4, 0.5) is 10.1 Å². The number of aryl methyl sites for hydroxylation is 2.